The number of pyridine rings is 1. The Kier molecular flexibility index (Phi) is 4.53. The van der Waals surface area contributed by atoms with Crippen LogP contribution in [0, 0.1) is 17.8 Å². The summed E-state index contributed by atoms with van der Waals surface area (Å²) in [6.07, 6.45) is 5.21. The summed E-state index contributed by atoms with van der Waals surface area (Å²) in [5, 5.41) is 11.6. The summed E-state index contributed by atoms with van der Waals surface area (Å²) in [7, 11) is 0. The highest BCUT2D eigenvalue weighted by Gasteiger charge is 2.25. The first-order valence-corrected chi connectivity index (χ1v) is 6.57. The van der Waals surface area contributed by atoms with Gasteiger partial charge in [-0.25, -0.2) is 4.98 Å². The zero-order chi connectivity index (χ0) is 13.7. The Morgan fingerprint density at radius 2 is 2.37 bits per heavy atom. The number of aromatic nitrogens is 1. The van der Waals surface area contributed by atoms with Crippen LogP contribution in [0.15, 0.2) is 18.3 Å². The number of aliphatic hydroxyl groups is 1. The Balaban J connectivity index is 1.95. The molecule has 19 heavy (non-hydrogen) atoms. The van der Waals surface area contributed by atoms with Crippen LogP contribution in [0.5, 0.6) is 0 Å². The van der Waals surface area contributed by atoms with Gasteiger partial charge >= 0.3 is 0 Å². The monoisotopic (exact) mass is 258 g/mol. The van der Waals surface area contributed by atoms with E-state index in [1.54, 1.807) is 18.3 Å². The van der Waals surface area contributed by atoms with E-state index in [0.717, 1.165) is 0 Å². The van der Waals surface area contributed by atoms with Crippen LogP contribution < -0.4 is 5.32 Å². The van der Waals surface area contributed by atoms with E-state index in [-0.39, 0.29) is 18.6 Å². The SMILES string of the molecule is CC(NC(=O)c1ccc(C#CCO)cn1)C1CCC1. The maximum atomic E-state index is 12.0. The lowest BCUT2D eigenvalue weighted by Crippen LogP contribution is -2.40. The highest BCUT2D eigenvalue weighted by molar-refractivity contribution is 5.92. The summed E-state index contributed by atoms with van der Waals surface area (Å²) in [5.41, 5.74) is 1.10. The van der Waals surface area contributed by atoms with E-state index in [4.69, 9.17) is 5.11 Å². The third-order valence-electron chi connectivity index (χ3n) is 3.52. The third kappa shape index (κ3) is 3.55. The number of nitrogens with one attached hydrogen (secondary N) is 1. The molecule has 0 aromatic carbocycles. The molecule has 0 radical (unpaired) electrons. The predicted molar refractivity (Wildman–Crippen MR) is 72.5 cm³/mol. The van der Waals surface area contributed by atoms with E-state index in [9.17, 15) is 4.79 Å². The van der Waals surface area contributed by atoms with E-state index in [1.165, 1.54) is 19.3 Å². The van der Waals surface area contributed by atoms with Crippen molar-refractivity contribution in [1.82, 2.24) is 10.3 Å². The molecule has 1 aromatic heterocycles. The van der Waals surface area contributed by atoms with Gasteiger partial charge in [0, 0.05) is 17.8 Å². The van der Waals surface area contributed by atoms with Crippen molar-refractivity contribution in [1.29, 1.82) is 0 Å². The van der Waals surface area contributed by atoms with Crippen LogP contribution in [0.2, 0.25) is 0 Å². The van der Waals surface area contributed by atoms with Crippen LogP contribution in [0.25, 0.3) is 0 Å². The van der Waals surface area contributed by atoms with Crippen molar-refractivity contribution in [2.24, 2.45) is 5.92 Å². The van der Waals surface area contributed by atoms with Gasteiger partial charge in [-0.15, -0.1) is 0 Å². The molecule has 1 aromatic rings. The smallest absolute Gasteiger partial charge is 0.270 e. The Morgan fingerprint density at radius 3 is 2.89 bits per heavy atom. The van der Waals surface area contributed by atoms with Crippen LogP contribution in [0.1, 0.15) is 42.2 Å². The van der Waals surface area contributed by atoms with Gasteiger partial charge in [0.05, 0.1) is 0 Å². The zero-order valence-electron chi connectivity index (χ0n) is 11.0. The van der Waals surface area contributed by atoms with E-state index in [1.807, 2.05) is 6.92 Å². The molecular formula is C15H18N2O2. The minimum Gasteiger partial charge on any atom is -0.384 e. The number of carbonyl (C=O) groups is 1. The summed E-state index contributed by atoms with van der Waals surface area (Å²) in [5.74, 6) is 5.76. The summed E-state index contributed by atoms with van der Waals surface area (Å²) >= 11 is 0. The topological polar surface area (TPSA) is 62.2 Å². The van der Waals surface area contributed by atoms with Gasteiger partial charge in [0.2, 0.25) is 0 Å². The van der Waals surface area contributed by atoms with Gasteiger partial charge < -0.3 is 10.4 Å². The number of amides is 1. The van der Waals surface area contributed by atoms with Crippen LogP contribution in [-0.4, -0.2) is 28.6 Å². The lowest BCUT2D eigenvalue weighted by molar-refractivity contribution is 0.0904. The fourth-order valence-electron chi connectivity index (χ4n) is 2.08. The second-order valence-corrected chi connectivity index (χ2v) is 4.85. The van der Waals surface area contributed by atoms with E-state index in [2.05, 4.69) is 22.1 Å². The minimum atomic E-state index is -0.179. The van der Waals surface area contributed by atoms with Gasteiger partial charge in [-0.2, -0.15) is 0 Å². The maximum absolute atomic E-state index is 12.0. The average Bonchev–Trinajstić information content (AvgIpc) is 2.34. The van der Waals surface area contributed by atoms with Gasteiger partial charge in [0.25, 0.3) is 5.91 Å². The van der Waals surface area contributed by atoms with Gasteiger partial charge in [-0.3, -0.25) is 4.79 Å². The highest BCUT2D eigenvalue weighted by atomic mass is 16.2. The Labute approximate surface area is 113 Å². The van der Waals surface area contributed by atoms with Gasteiger partial charge in [-0.05, 0) is 37.8 Å². The molecular weight excluding hydrogens is 240 g/mol. The average molecular weight is 258 g/mol. The molecule has 1 aliphatic carbocycles. The van der Waals surface area contributed by atoms with Crippen LogP contribution in [0.3, 0.4) is 0 Å². The molecule has 1 amide bonds. The molecule has 0 saturated heterocycles. The second-order valence-electron chi connectivity index (χ2n) is 4.85. The second kappa shape index (κ2) is 6.35. The number of aliphatic hydroxyl groups excluding tert-OH is 1. The van der Waals surface area contributed by atoms with Crippen molar-refractivity contribution in [3.8, 4) is 11.8 Å². The van der Waals surface area contributed by atoms with E-state index in [0.29, 0.717) is 17.2 Å². The Hall–Kier alpha value is -1.86. The largest absolute Gasteiger partial charge is 0.384 e. The minimum absolute atomic E-state index is 0.138. The van der Waals surface area contributed by atoms with Crippen LogP contribution in [0.4, 0.5) is 0 Å². The lowest BCUT2D eigenvalue weighted by atomic mass is 9.80. The fourth-order valence-corrected chi connectivity index (χ4v) is 2.08. The maximum Gasteiger partial charge on any atom is 0.270 e. The van der Waals surface area contributed by atoms with Crippen LogP contribution in [-0.2, 0) is 0 Å². The molecule has 0 bridgehead atoms. The summed E-state index contributed by atoms with van der Waals surface area (Å²) in [4.78, 5) is 16.1. The first-order valence-electron chi connectivity index (χ1n) is 6.57. The molecule has 4 heteroatoms. The molecule has 1 aliphatic rings. The molecule has 0 spiro atoms. The standard InChI is InChI=1S/C15H18N2O2/c1-11(13-5-2-6-13)17-15(19)14-8-7-12(10-16-14)4-3-9-18/h7-8,10-11,13,18H,2,5-6,9H2,1H3,(H,17,19). The summed E-state index contributed by atoms with van der Waals surface area (Å²) < 4.78 is 0. The van der Waals surface area contributed by atoms with Gasteiger partial charge in [0.15, 0.2) is 0 Å². The molecule has 2 rings (SSSR count). The molecule has 100 valence electrons. The van der Waals surface area contributed by atoms with Crippen molar-refractivity contribution in [3.63, 3.8) is 0 Å². The van der Waals surface area contributed by atoms with Crippen LogP contribution >= 0.6 is 0 Å². The summed E-state index contributed by atoms with van der Waals surface area (Å²) in [6.45, 7) is 1.87. The number of hydrogen-bond donors (Lipinski definition) is 2. The number of rotatable bonds is 3. The first kappa shape index (κ1) is 13.6. The quantitative estimate of drug-likeness (QED) is 0.804. The normalized spacial score (nSPS) is 15.9. The summed E-state index contributed by atoms with van der Waals surface area (Å²) in [6, 6.07) is 3.60. The number of nitrogens with zero attached hydrogens (tertiary/aromatic N) is 1. The van der Waals surface area contributed by atoms with Crippen molar-refractivity contribution >= 4 is 5.91 Å². The predicted octanol–water partition coefficient (Wildman–Crippen LogP) is 1.34. The van der Waals surface area contributed by atoms with Crippen molar-refractivity contribution in [2.75, 3.05) is 6.61 Å². The third-order valence-corrected chi connectivity index (χ3v) is 3.52. The number of hydrogen-bond acceptors (Lipinski definition) is 3. The Bertz CT molecular complexity index is 495. The zero-order valence-corrected chi connectivity index (χ0v) is 11.0. The molecule has 2 N–H and O–H groups in total. The van der Waals surface area contributed by atoms with Crippen molar-refractivity contribution in [2.45, 2.75) is 32.2 Å². The number of carbonyl (C=O) groups excluding carboxylic acids is 1. The Morgan fingerprint density at radius 1 is 1.58 bits per heavy atom. The first-order chi connectivity index (χ1) is 9.20. The molecule has 0 aliphatic heterocycles. The molecule has 1 unspecified atom stereocenters. The van der Waals surface area contributed by atoms with Crippen molar-refractivity contribution < 1.29 is 9.90 Å². The molecule has 1 fully saturated rings. The van der Waals surface area contributed by atoms with E-state index < -0.39 is 0 Å². The molecule has 1 saturated carbocycles. The van der Waals surface area contributed by atoms with Gasteiger partial charge in [0.1, 0.15) is 12.3 Å². The van der Waals surface area contributed by atoms with E-state index >= 15 is 0 Å². The van der Waals surface area contributed by atoms with Crippen molar-refractivity contribution in [3.05, 3.63) is 29.6 Å². The molecule has 1 atom stereocenters. The van der Waals surface area contributed by atoms with Gasteiger partial charge in [-0.1, -0.05) is 18.3 Å². The molecule has 1 heterocycles. The lowest BCUT2D eigenvalue weighted by Gasteiger charge is -2.31. The molecule has 4 nitrogen and oxygen atoms in total. The fraction of sp³-hybridized carbons (Fsp3) is 0.467. The highest BCUT2D eigenvalue weighted by Crippen LogP contribution is 2.29.